The molecule has 4 heteroatoms. The van der Waals surface area contributed by atoms with Crippen molar-refractivity contribution in [1.82, 2.24) is 0 Å². The Hall–Kier alpha value is -2.04. The Kier molecular flexibility index (Phi) is 11.1. The van der Waals surface area contributed by atoms with Gasteiger partial charge in [0.15, 0.2) is 0 Å². The first-order valence-electron chi connectivity index (χ1n) is 13.3. The standard InChI is InChI=1S/C31H50NO3/c1-9-10-20-34-28-15-11-26(12-16-28)24-32(7,8)19-21-33-22-23-35-29-17-13-27(14-18-29)31(5,6)25-30(2,3)4/h11-18H,9-10,19-25H2,1-8H3/q+1. The Morgan fingerprint density at radius 2 is 1.29 bits per heavy atom. The lowest BCUT2D eigenvalue weighted by molar-refractivity contribution is -0.904. The molecule has 2 rings (SSSR count). The molecule has 0 bridgehead atoms. The second-order valence-electron chi connectivity index (χ2n) is 12.3. The molecule has 0 aliphatic heterocycles. The van der Waals surface area contributed by atoms with Crippen LogP contribution in [0.5, 0.6) is 11.5 Å². The summed E-state index contributed by atoms with van der Waals surface area (Å²) in [6.07, 6.45) is 3.39. The van der Waals surface area contributed by atoms with Gasteiger partial charge in [-0.15, -0.1) is 0 Å². The van der Waals surface area contributed by atoms with Crippen LogP contribution in [-0.4, -0.2) is 51.6 Å². The zero-order valence-corrected chi connectivity index (χ0v) is 23.7. The quantitative estimate of drug-likeness (QED) is 0.197. The average Bonchev–Trinajstić information content (AvgIpc) is 2.76. The molecule has 0 fully saturated rings. The van der Waals surface area contributed by atoms with Crippen molar-refractivity contribution in [2.45, 2.75) is 72.8 Å². The molecule has 0 saturated carbocycles. The second kappa shape index (κ2) is 13.3. The Balaban J connectivity index is 1.67. The lowest BCUT2D eigenvalue weighted by atomic mass is 9.72. The van der Waals surface area contributed by atoms with Crippen molar-refractivity contribution < 1.29 is 18.7 Å². The van der Waals surface area contributed by atoms with Gasteiger partial charge in [0.1, 0.15) is 31.2 Å². The smallest absolute Gasteiger partial charge is 0.119 e. The summed E-state index contributed by atoms with van der Waals surface area (Å²) in [5, 5.41) is 0. The van der Waals surface area contributed by atoms with E-state index in [-0.39, 0.29) is 5.41 Å². The molecule has 4 nitrogen and oxygen atoms in total. The summed E-state index contributed by atoms with van der Waals surface area (Å²) in [7, 11) is 4.49. The van der Waals surface area contributed by atoms with Gasteiger partial charge >= 0.3 is 0 Å². The summed E-state index contributed by atoms with van der Waals surface area (Å²) in [6.45, 7) is 18.3. The van der Waals surface area contributed by atoms with E-state index in [2.05, 4.69) is 104 Å². The highest BCUT2D eigenvalue weighted by molar-refractivity contribution is 5.32. The van der Waals surface area contributed by atoms with Crippen LogP contribution < -0.4 is 9.47 Å². The average molecular weight is 485 g/mol. The predicted molar refractivity (Wildman–Crippen MR) is 147 cm³/mol. The molecule has 0 atom stereocenters. The minimum Gasteiger partial charge on any atom is -0.494 e. The second-order valence-corrected chi connectivity index (χ2v) is 12.3. The minimum absolute atomic E-state index is 0.148. The molecule has 0 aliphatic carbocycles. The molecule has 2 aromatic rings. The van der Waals surface area contributed by atoms with Gasteiger partial charge in [0.25, 0.3) is 0 Å². The van der Waals surface area contributed by atoms with Crippen molar-refractivity contribution in [2.75, 3.05) is 47.1 Å². The number of hydrogen-bond acceptors (Lipinski definition) is 3. The number of ether oxygens (including phenoxy) is 3. The molecule has 0 N–H and O–H groups in total. The van der Waals surface area contributed by atoms with E-state index in [0.29, 0.717) is 25.2 Å². The van der Waals surface area contributed by atoms with E-state index in [9.17, 15) is 0 Å². The Labute approximate surface area is 215 Å². The third-order valence-corrected chi connectivity index (χ3v) is 6.25. The van der Waals surface area contributed by atoms with Gasteiger partial charge in [0.2, 0.25) is 0 Å². The highest BCUT2D eigenvalue weighted by Crippen LogP contribution is 2.36. The van der Waals surface area contributed by atoms with Crippen LogP contribution in [0.2, 0.25) is 0 Å². The van der Waals surface area contributed by atoms with Crippen LogP contribution in [0.4, 0.5) is 0 Å². The van der Waals surface area contributed by atoms with Crippen LogP contribution in [-0.2, 0) is 16.7 Å². The van der Waals surface area contributed by atoms with Crippen molar-refractivity contribution in [1.29, 1.82) is 0 Å². The number of nitrogens with zero attached hydrogens (tertiary/aromatic N) is 1. The summed E-state index contributed by atoms with van der Waals surface area (Å²) < 4.78 is 18.4. The van der Waals surface area contributed by atoms with Gasteiger partial charge in [0.05, 0.1) is 33.9 Å². The van der Waals surface area contributed by atoms with Crippen LogP contribution in [0, 0.1) is 5.41 Å². The molecular weight excluding hydrogens is 434 g/mol. The maximum atomic E-state index is 5.91. The largest absolute Gasteiger partial charge is 0.494 e. The van der Waals surface area contributed by atoms with E-state index >= 15 is 0 Å². The molecule has 0 unspecified atom stereocenters. The molecule has 2 aromatic carbocycles. The van der Waals surface area contributed by atoms with Gasteiger partial charge in [-0.25, -0.2) is 0 Å². The van der Waals surface area contributed by atoms with Gasteiger partial charge in [-0.05, 0) is 65.6 Å². The van der Waals surface area contributed by atoms with E-state index in [1.165, 1.54) is 11.1 Å². The van der Waals surface area contributed by atoms with E-state index in [1.54, 1.807) is 0 Å². The van der Waals surface area contributed by atoms with Crippen LogP contribution in [0.15, 0.2) is 48.5 Å². The normalized spacial score (nSPS) is 12.6. The van der Waals surface area contributed by atoms with Gasteiger partial charge < -0.3 is 18.7 Å². The Morgan fingerprint density at radius 1 is 0.714 bits per heavy atom. The molecule has 35 heavy (non-hydrogen) atoms. The summed E-state index contributed by atoms with van der Waals surface area (Å²) in [5.41, 5.74) is 3.12. The van der Waals surface area contributed by atoms with E-state index < -0.39 is 0 Å². The molecule has 0 aromatic heterocycles. The highest BCUT2D eigenvalue weighted by atomic mass is 16.5. The topological polar surface area (TPSA) is 27.7 Å². The predicted octanol–water partition coefficient (Wildman–Crippen LogP) is 7.25. The third kappa shape index (κ3) is 11.5. The van der Waals surface area contributed by atoms with E-state index in [1.807, 2.05) is 0 Å². The monoisotopic (exact) mass is 484 g/mol. The van der Waals surface area contributed by atoms with Crippen LogP contribution in [0.3, 0.4) is 0 Å². The Bertz CT molecular complexity index is 848. The van der Waals surface area contributed by atoms with Crippen molar-refractivity contribution in [3.05, 3.63) is 59.7 Å². The first kappa shape index (κ1) is 29.2. The van der Waals surface area contributed by atoms with Gasteiger partial charge in [-0.2, -0.15) is 0 Å². The lowest BCUT2D eigenvalue weighted by Gasteiger charge is -2.33. The summed E-state index contributed by atoms with van der Waals surface area (Å²) >= 11 is 0. The van der Waals surface area contributed by atoms with Crippen LogP contribution in [0.25, 0.3) is 0 Å². The number of likely N-dealkylation sites (N-methyl/N-ethyl adjacent to an activating group) is 1. The SMILES string of the molecule is CCCCOc1ccc(C[N+](C)(C)CCOCCOc2ccc(C(C)(C)CC(C)(C)C)cc2)cc1. The fraction of sp³-hybridized carbons (Fsp3) is 0.613. The van der Waals surface area contributed by atoms with Gasteiger partial charge in [-0.1, -0.05) is 60.1 Å². The molecule has 0 amide bonds. The van der Waals surface area contributed by atoms with Gasteiger partial charge in [0, 0.05) is 5.56 Å². The number of hydrogen-bond donors (Lipinski definition) is 0. The highest BCUT2D eigenvalue weighted by Gasteiger charge is 2.27. The number of quaternary nitrogens is 1. The molecule has 0 heterocycles. The Morgan fingerprint density at radius 3 is 1.86 bits per heavy atom. The molecule has 0 aliphatic rings. The van der Waals surface area contributed by atoms with Crippen LogP contribution in [0.1, 0.15) is 71.9 Å². The number of benzene rings is 2. The maximum Gasteiger partial charge on any atom is 0.119 e. The first-order valence-corrected chi connectivity index (χ1v) is 13.3. The number of unbranched alkanes of at least 4 members (excludes halogenated alkanes) is 1. The van der Waals surface area contributed by atoms with Crippen molar-refractivity contribution in [3.63, 3.8) is 0 Å². The maximum absolute atomic E-state index is 5.91. The summed E-state index contributed by atoms with van der Waals surface area (Å²) in [5.74, 6) is 1.86. The van der Waals surface area contributed by atoms with Crippen molar-refractivity contribution in [3.8, 4) is 11.5 Å². The summed E-state index contributed by atoms with van der Waals surface area (Å²) in [6, 6.07) is 17.1. The zero-order valence-electron chi connectivity index (χ0n) is 23.7. The molecular formula is C31H50NO3+. The molecule has 0 spiro atoms. The van der Waals surface area contributed by atoms with Crippen molar-refractivity contribution in [2.24, 2.45) is 5.41 Å². The molecule has 0 radical (unpaired) electrons. The van der Waals surface area contributed by atoms with E-state index in [0.717, 1.165) is 54.9 Å². The fourth-order valence-corrected chi connectivity index (χ4v) is 4.66. The zero-order chi connectivity index (χ0) is 26.0. The lowest BCUT2D eigenvalue weighted by Crippen LogP contribution is -2.41. The number of rotatable bonds is 15. The van der Waals surface area contributed by atoms with E-state index in [4.69, 9.17) is 14.2 Å². The minimum atomic E-state index is 0.148. The molecule has 0 saturated heterocycles. The fourth-order valence-electron chi connectivity index (χ4n) is 4.66. The molecule has 196 valence electrons. The van der Waals surface area contributed by atoms with Gasteiger partial charge in [-0.3, -0.25) is 0 Å². The first-order chi connectivity index (χ1) is 16.4. The summed E-state index contributed by atoms with van der Waals surface area (Å²) in [4.78, 5) is 0. The third-order valence-electron chi connectivity index (χ3n) is 6.25. The van der Waals surface area contributed by atoms with Crippen LogP contribution >= 0.6 is 0 Å². The van der Waals surface area contributed by atoms with Crippen molar-refractivity contribution >= 4 is 0 Å².